The molecule has 0 aliphatic rings. The molecule has 2 rings (SSSR count). The van der Waals surface area contributed by atoms with E-state index < -0.39 is 10.0 Å². The Bertz CT molecular complexity index is 1020. The summed E-state index contributed by atoms with van der Waals surface area (Å²) >= 11 is 11.9. The number of amides is 1. The quantitative estimate of drug-likeness (QED) is 0.347. The molecule has 0 aliphatic heterocycles. The van der Waals surface area contributed by atoms with Crippen molar-refractivity contribution in [3.63, 3.8) is 0 Å². The third kappa shape index (κ3) is 8.81. The maximum atomic E-state index is 13.1. The van der Waals surface area contributed by atoms with Crippen LogP contribution in [0.1, 0.15) is 40.5 Å². The second-order valence-electron chi connectivity index (χ2n) is 8.71. The monoisotopic (exact) mass is 514 g/mol. The Morgan fingerprint density at radius 3 is 2.15 bits per heavy atom. The summed E-state index contributed by atoms with van der Waals surface area (Å²) in [6, 6.07) is 11.2. The van der Waals surface area contributed by atoms with E-state index in [0.29, 0.717) is 47.6 Å². The molecular weight excluding hydrogens is 483 g/mol. The Balaban J connectivity index is 1.90. The molecule has 0 spiro atoms. The molecule has 0 bridgehead atoms. The highest BCUT2D eigenvalue weighted by atomic mass is 35.5. The molecule has 33 heavy (non-hydrogen) atoms. The van der Waals surface area contributed by atoms with Crippen LogP contribution < -0.4 is 10.1 Å². The van der Waals surface area contributed by atoms with E-state index in [9.17, 15) is 13.2 Å². The van der Waals surface area contributed by atoms with Crippen molar-refractivity contribution in [2.24, 2.45) is 11.8 Å². The van der Waals surface area contributed by atoms with Crippen LogP contribution in [0.15, 0.2) is 47.4 Å². The Morgan fingerprint density at radius 2 is 1.61 bits per heavy atom. The standard InChI is InChI=1S/C24H32Cl2N2O4S/c1-17(2)15-28(16-18(3)4)33(30,31)21-10-8-20(9-11-21)27-24(29)6-5-13-32-23-12-7-19(25)14-22(23)26/h7-12,14,17-18H,5-6,13,15-16H2,1-4H3,(H,27,29). The molecule has 6 nitrogen and oxygen atoms in total. The number of hydrogen-bond acceptors (Lipinski definition) is 4. The van der Waals surface area contributed by atoms with Gasteiger partial charge in [-0.25, -0.2) is 8.42 Å². The molecule has 0 atom stereocenters. The maximum Gasteiger partial charge on any atom is 0.243 e. The van der Waals surface area contributed by atoms with Gasteiger partial charge in [-0.05, 0) is 60.7 Å². The van der Waals surface area contributed by atoms with Gasteiger partial charge in [-0.2, -0.15) is 4.31 Å². The molecule has 0 heterocycles. The number of nitrogens with zero attached hydrogens (tertiary/aromatic N) is 1. The van der Waals surface area contributed by atoms with E-state index >= 15 is 0 Å². The van der Waals surface area contributed by atoms with Gasteiger partial charge >= 0.3 is 0 Å². The molecule has 0 fully saturated rings. The van der Waals surface area contributed by atoms with Crippen LogP contribution in [-0.2, 0) is 14.8 Å². The highest BCUT2D eigenvalue weighted by molar-refractivity contribution is 7.89. The van der Waals surface area contributed by atoms with Crippen molar-refractivity contribution >= 4 is 44.8 Å². The minimum absolute atomic E-state index is 0.183. The molecule has 0 unspecified atom stereocenters. The number of rotatable bonds is 12. The predicted octanol–water partition coefficient (Wildman–Crippen LogP) is 6.09. The normalized spacial score (nSPS) is 11.9. The van der Waals surface area contributed by atoms with Crippen LogP contribution in [0.25, 0.3) is 0 Å². The van der Waals surface area contributed by atoms with Gasteiger partial charge in [0.15, 0.2) is 0 Å². The average molecular weight is 516 g/mol. The lowest BCUT2D eigenvalue weighted by atomic mass is 10.2. The van der Waals surface area contributed by atoms with Gasteiger partial charge in [0.2, 0.25) is 15.9 Å². The Morgan fingerprint density at radius 1 is 1.00 bits per heavy atom. The molecule has 1 amide bonds. The first-order chi connectivity index (χ1) is 15.5. The molecule has 2 aromatic carbocycles. The first-order valence-electron chi connectivity index (χ1n) is 11.0. The molecule has 9 heteroatoms. The van der Waals surface area contributed by atoms with Crippen LogP contribution in [0.2, 0.25) is 10.0 Å². The van der Waals surface area contributed by atoms with Crippen molar-refractivity contribution in [3.05, 3.63) is 52.5 Å². The number of anilines is 1. The van der Waals surface area contributed by atoms with Gasteiger partial charge in [0.25, 0.3) is 0 Å². The summed E-state index contributed by atoms with van der Waals surface area (Å²) in [5.41, 5.74) is 0.542. The van der Waals surface area contributed by atoms with Crippen molar-refractivity contribution in [1.29, 1.82) is 0 Å². The van der Waals surface area contributed by atoms with Crippen molar-refractivity contribution in [2.45, 2.75) is 45.4 Å². The molecule has 2 aromatic rings. The molecule has 0 aliphatic carbocycles. The van der Waals surface area contributed by atoms with E-state index in [4.69, 9.17) is 27.9 Å². The van der Waals surface area contributed by atoms with Crippen LogP contribution >= 0.6 is 23.2 Å². The fourth-order valence-electron chi connectivity index (χ4n) is 3.18. The van der Waals surface area contributed by atoms with E-state index in [1.165, 1.54) is 16.4 Å². The molecule has 1 N–H and O–H groups in total. The minimum atomic E-state index is -3.60. The maximum absolute atomic E-state index is 13.1. The van der Waals surface area contributed by atoms with E-state index in [-0.39, 0.29) is 29.1 Å². The number of halogens is 2. The van der Waals surface area contributed by atoms with Crippen LogP contribution in [0.5, 0.6) is 5.75 Å². The summed E-state index contributed by atoms with van der Waals surface area (Å²) in [6.07, 6.45) is 0.748. The molecule has 0 saturated carbocycles. The Labute approximate surface area is 207 Å². The van der Waals surface area contributed by atoms with Gasteiger partial charge in [-0.15, -0.1) is 0 Å². The lowest BCUT2D eigenvalue weighted by molar-refractivity contribution is -0.116. The van der Waals surface area contributed by atoms with Gasteiger partial charge in [-0.1, -0.05) is 50.9 Å². The fraction of sp³-hybridized carbons (Fsp3) is 0.458. The topological polar surface area (TPSA) is 75.7 Å². The highest BCUT2D eigenvalue weighted by Crippen LogP contribution is 2.27. The number of ether oxygens (including phenoxy) is 1. The second-order valence-corrected chi connectivity index (χ2v) is 11.5. The summed E-state index contributed by atoms with van der Waals surface area (Å²) in [4.78, 5) is 12.4. The second kappa shape index (κ2) is 12.6. The number of benzene rings is 2. The largest absolute Gasteiger partial charge is 0.492 e. The Hall–Kier alpha value is -1.80. The minimum Gasteiger partial charge on any atom is -0.492 e. The van der Waals surface area contributed by atoms with Gasteiger partial charge < -0.3 is 10.1 Å². The van der Waals surface area contributed by atoms with E-state index in [2.05, 4.69) is 5.32 Å². The summed E-state index contributed by atoms with van der Waals surface area (Å²) in [5, 5.41) is 3.73. The van der Waals surface area contributed by atoms with E-state index in [1.807, 2.05) is 27.7 Å². The zero-order valence-electron chi connectivity index (χ0n) is 19.5. The summed E-state index contributed by atoms with van der Waals surface area (Å²) in [7, 11) is -3.60. The molecule has 0 saturated heterocycles. The van der Waals surface area contributed by atoms with Gasteiger partial charge in [-0.3, -0.25) is 4.79 Å². The van der Waals surface area contributed by atoms with E-state index in [0.717, 1.165) is 0 Å². The smallest absolute Gasteiger partial charge is 0.243 e. The highest BCUT2D eigenvalue weighted by Gasteiger charge is 2.25. The lowest BCUT2D eigenvalue weighted by Crippen LogP contribution is -2.37. The molecule has 0 aromatic heterocycles. The van der Waals surface area contributed by atoms with Gasteiger partial charge in [0.05, 0.1) is 16.5 Å². The van der Waals surface area contributed by atoms with Crippen molar-refractivity contribution in [3.8, 4) is 5.75 Å². The van der Waals surface area contributed by atoms with Crippen LogP contribution in [-0.4, -0.2) is 38.3 Å². The third-order valence-corrected chi connectivity index (χ3v) is 6.99. The molecule has 182 valence electrons. The first-order valence-corrected chi connectivity index (χ1v) is 13.2. The number of hydrogen-bond donors (Lipinski definition) is 1. The van der Waals surface area contributed by atoms with Crippen molar-refractivity contribution in [1.82, 2.24) is 4.31 Å². The molecule has 0 radical (unpaired) electrons. The first kappa shape index (κ1) is 27.4. The summed E-state index contributed by atoms with van der Waals surface area (Å²) in [5.74, 6) is 0.772. The number of sulfonamides is 1. The zero-order chi connectivity index (χ0) is 24.6. The van der Waals surface area contributed by atoms with Crippen molar-refractivity contribution in [2.75, 3.05) is 25.0 Å². The number of carbonyl (C=O) groups is 1. The Kier molecular flexibility index (Phi) is 10.5. The molecular formula is C24H32Cl2N2O4S. The zero-order valence-corrected chi connectivity index (χ0v) is 21.8. The van der Waals surface area contributed by atoms with Crippen LogP contribution in [0.4, 0.5) is 5.69 Å². The van der Waals surface area contributed by atoms with Crippen LogP contribution in [0, 0.1) is 11.8 Å². The lowest BCUT2D eigenvalue weighted by Gasteiger charge is -2.25. The van der Waals surface area contributed by atoms with Gasteiger partial charge in [0, 0.05) is 30.2 Å². The van der Waals surface area contributed by atoms with E-state index in [1.54, 1.807) is 30.3 Å². The number of nitrogens with one attached hydrogen (secondary N) is 1. The summed E-state index contributed by atoms with van der Waals surface area (Å²) < 4.78 is 33.3. The third-order valence-electron chi connectivity index (χ3n) is 4.61. The predicted molar refractivity (Wildman–Crippen MR) is 135 cm³/mol. The van der Waals surface area contributed by atoms with Gasteiger partial charge in [0.1, 0.15) is 5.75 Å². The SMILES string of the molecule is CC(C)CN(CC(C)C)S(=O)(=O)c1ccc(NC(=O)CCCOc2ccc(Cl)cc2Cl)cc1. The number of carbonyl (C=O) groups excluding carboxylic acids is 1. The van der Waals surface area contributed by atoms with Crippen LogP contribution in [0.3, 0.4) is 0 Å². The van der Waals surface area contributed by atoms with Crippen molar-refractivity contribution < 1.29 is 17.9 Å². The average Bonchev–Trinajstić information content (AvgIpc) is 2.71. The fourth-order valence-corrected chi connectivity index (χ4v) is 5.41. The summed E-state index contributed by atoms with van der Waals surface area (Å²) in [6.45, 7) is 9.23.